The highest BCUT2D eigenvalue weighted by atomic mass is 16.6. The van der Waals surface area contributed by atoms with Crippen LogP contribution in [0.4, 0.5) is 11.5 Å². The zero-order valence-electron chi connectivity index (χ0n) is 9.66. The van der Waals surface area contributed by atoms with Crippen molar-refractivity contribution in [2.24, 2.45) is 0 Å². The first kappa shape index (κ1) is 11.8. The van der Waals surface area contributed by atoms with E-state index in [0.29, 0.717) is 5.75 Å². The Morgan fingerprint density at radius 2 is 2.00 bits per heavy atom. The SMILES string of the molecule is Cc1ccccc1Oc1nc(N)ccc1[N+](=O)[O-]. The number of pyridine rings is 1. The Hall–Kier alpha value is -2.63. The van der Waals surface area contributed by atoms with Crippen molar-refractivity contribution in [3.05, 3.63) is 52.1 Å². The summed E-state index contributed by atoms with van der Waals surface area (Å²) in [6.45, 7) is 1.84. The van der Waals surface area contributed by atoms with Gasteiger partial charge in [0.25, 0.3) is 0 Å². The van der Waals surface area contributed by atoms with Gasteiger partial charge in [0.15, 0.2) is 0 Å². The molecule has 0 unspecified atom stereocenters. The maximum Gasteiger partial charge on any atom is 0.331 e. The molecule has 0 atom stereocenters. The molecule has 0 aliphatic rings. The van der Waals surface area contributed by atoms with Crippen LogP contribution in [0, 0.1) is 17.0 Å². The molecule has 0 aliphatic carbocycles. The Morgan fingerprint density at radius 1 is 1.28 bits per heavy atom. The maximum atomic E-state index is 10.9. The average Bonchev–Trinajstić information content (AvgIpc) is 2.32. The molecule has 0 aliphatic heterocycles. The molecule has 0 saturated heterocycles. The topological polar surface area (TPSA) is 91.3 Å². The van der Waals surface area contributed by atoms with Crippen LogP contribution in [-0.4, -0.2) is 9.91 Å². The van der Waals surface area contributed by atoms with Crippen molar-refractivity contribution < 1.29 is 9.66 Å². The predicted molar refractivity (Wildman–Crippen MR) is 66.6 cm³/mol. The minimum absolute atomic E-state index is 0.102. The molecule has 0 saturated carbocycles. The van der Waals surface area contributed by atoms with Crippen molar-refractivity contribution in [2.45, 2.75) is 6.92 Å². The van der Waals surface area contributed by atoms with Crippen molar-refractivity contribution in [3.63, 3.8) is 0 Å². The molecule has 0 bridgehead atoms. The summed E-state index contributed by atoms with van der Waals surface area (Å²) in [5, 5.41) is 10.9. The molecule has 0 radical (unpaired) electrons. The lowest BCUT2D eigenvalue weighted by atomic mass is 10.2. The number of ether oxygens (including phenoxy) is 1. The van der Waals surface area contributed by atoms with Gasteiger partial charge in [-0.3, -0.25) is 10.1 Å². The number of hydrogen-bond acceptors (Lipinski definition) is 5. The van der Waals surface area contributed by atoms with Gasteiger partial charge in [0.2, 0.25) is 0 Å². The first-order valence-electron chi connectivity index (χ1n) is 5.22. The number of nitrogens with zero attached hydrogens (tertiary/aromatic N) is 2. The van der Waals surface area contributed by atoms with Gasteiger partial charge < -0.3 is 10.5 Å². The number of rotatable bonds is 3. The summed E-state index contributed by atoms with van der Waals surface area (Å²) < 4.78 is 5.45. The van der Waals surface area contributed by atoms with Crippen LogP contribution in [-0.2, 0) is 0 Å². The molecule has 2 aromatic rings. The van der Waals surface area contributed by atoms with E-state index >= 15 is 0 Å². The summed E-state index contributed by atoms with van der Waals surface area (Å²) >= 11 is 0. The monoisotopic (exact) mass is 245 g/mol. The third-order valence-corrected chi connectivity index (χ3v) is 2.36. The smallest absolute Gasteiger partial charge is 0.331 e. The summed E-state index contributed by atoms with van der Waals surface area (Å²) in [5.74, 6) is 0.581. The summed E-state index contributed by atoms with van der Waals surface area (Å²) in [7, 11) is 0. The second-order valence-electron chi connectivity index (χ2n) is 3.69. The van der Waals surface area contributed by atoms with E-state index in [1.165, 1.54) is 12.1 Å². The van der Waals surface area contributed by atoms with Gasteiger partial charge in [-0.05, 0) is 24.6 Å². The molecule has 2 rings (SSSR count). The van der Waals surface area contributed by atoms with Gasteiger partial charge >= 0.3 is 11.6 Å². The van der Waals surface area contributed by atoms with Gasteiger partial charge in [-0.25, -0.2) is 0 Å². The summed E-state index contributed by atoms with van der Waals surface area (Å²) in [4.78, 5) is 14.1. The molecule has 18 heavy (non-hydrogen) atoms. The summed E-state index contributed by atoms with van der Waals surface area (Å²) in [5.41, 5.74) is 6.15. The van der Waals surface area contributed by atoms with Crippen LogP contribution in [0.5, 0.6) is 11.6 Å². The summed E-state index contributed by atoms with van der Waals surface area (Å²) in [6, 6.07) is 9.82. The zero-order valence-corrected chi connectivity index (χ0v) is 9.66. The molecular weight excluding hydrogens is 234 g/mol. The Kier molecular flexibility index (Phi) is 3.09. The minimum Gasteiger partial charge on any atom is -0.433 e. The number of aromatic nitrogens is 1. The highest BCUT2D eigenvalue weighted by Crippen LogP contribution is 2.31. The van der Waals surface area contributed by atoms with Gasteiger partial charge in [0.1, 0.15) is 11.6 Å². The van der Waals surface area contributed by atoms with Crippen LogP contribution < -0.4 is 10.5 Å². The molecule has 0 amide bonds. The lowest BCUT2D eigenvalue weighted by Crippen LogP contribution is -1.99. The van der Waals surface area contributed by atoms with E-state index in [9.17, 15) is 10.1 Å². The van der Waals surface area contributed by atoms with E-state index in [0.717, 1.165) is 5.56 Å². The number of aryl methyl sites for hydroxylation is 1. The zero-order chi connectivity index (χ0) is 13.1. The Balaban J connectivity index is 2.42. The van der Waals surface area contributed by atoms with Crippen LogP contribution >= 0.6 is 0 Å². The molecule has 6 heteroatoms. The van der Waals surface area contributed by atoms with Gasteiger partial charge in [-0.15, -0.1) is 0 Å². The lowest BCUT2D eigenvalue weighted by Gasteiger charge is -2.07. The first-order chi connectivity index (χ1) is 8.58. The highest BCUT2D eigenvalue weighted by Gasteiger charge is 2.18. The van der Waals surface area contributed by atoms with E-state index in [1.807, 2.05) is 19.1 Å². The summed E-state index contributed by atoms with van der Waals surface area (Å²) in [6.07, 6.45) is 0. The number of nitrogens with two attached hydrogens (primary N) is 1. The molecule has 1 aromatic carbocycles. The van der Waals surface area contributed by atoms with Crippen LogP contribution in [0.1, 0.15) is 5.56 Å². The number of benzene rings is 1. The number of para-hydroxylation sites is 1. The maximum absolute atomic E-state index is 10.9. The van der Waals surface area contributed by atoms with Crippen molar-refractivity contribution in [1.29, 1.82) is 0 Å². The van der Waals surface area contributed by atoms with E-state index in [4.69, 9.17) is 10.5 Å². The highest BCUT2D eigenvalue weighted by molar-refractivity contribution is 5.49. The minimum atomic E-state index is -0.556. The van der Waals surface area contributed by atoms with Crippen LogP contribution in [0.15, 0.2) is 36.4 Å². The third kappa shape index (κ3) is 2.37. The molecule has 0 fully saturated rings. The molecule has 6 nitrogen and oxygen atoms in total. The van der Waals surface area contributed by atoms with Gasteiger partial charge in [0, 0.05) is 6.07 Å². The second kappa shape index (κ2) is 4.70. The van der Waals surface area contributed by atoms with Crippen molar-refractivity contribution in [3.8, 4) is 11.6 Å². The average molecular weight is 245 g/mol. The molecule has 92 valence electrons. The van der Waals surface area contributed by atoms with Crippen molar-refractivity contribution >= 4 is 11.5 Å². The van der Waals surface area contributed by atoms with Crippen molar-refractivity contribution in [2.75, 3.05) is 5.73 Å². The molecule has 1 heterocycles. The normalized spacial score (nSPS) is 10.1. The molecule has 1 aromatic heterocycles. The second-order valence-corrected chi connectivity index (χ2v) is 3.69. The van der Waals surface area contributed by atoms with Crippen molar-refractivity contribution in [1.82, 2.24) is 4.98 Å². The Morgan fingerprint density at radius 3 is 2.67 bits per heavy atom. The van der Waals surface area contributed by atoms with E-state index in [-0.39, 0.29) is 17.4 Å². The quantitative estimate of drug-likeness (QED) is 0.663. The molecular formula is C12H11N3O3. The largest absolute Gasteiger partial charge is 0.433 e. The van der Waals surface area contributed by atoms with Crippen LogP contribution in [0.2, 0.25) is 0 Å². The van der Waals surface area contributed by atoms with Gasteiger partial charge in [0.05, 0.1) is 4.92 Å². The number of nitrogen functional groups attached to an aromatic ring is 1. The van der Waals surface area contributed by atoms with E-state index in [1.54, 1.807) is 12.1 Å². The predicted octanol–water partition coefficient (Wildman–Crippen LogP) is 2.67. The fraction of sp³-hybridized carbons (Fsp3) is 0.0833. The Bertz CT molecular complexity index is 599. The number of hydrogen-bond donors (Lipinski definition) is 1. The van der Waals surface area contributed by atoms with E-state index in [2.05, 4.69) is 4.98 Å². The third-order valence-electron chi connectivity index (χ3n) is 2.36. The van der Waals surface area contributed by atoms with Crippen LogP contribution in [0.25, 0.3) is 0 Å². The Labute approximate surface area is 103 Å². The molecule has 2 N–H and O–H groups in total. The van der Waals surface area contributed by atoms with E-state index < -0.39 is 4.92 Å². The fourth-order valence-electron chi connectivity index (χ4n) is 1.44. The van der Waals surface area contributed by atoms with Gasteiger partial charge in [-0.2, -0.15) is 4.98 Å². The number of anilines is 1. The standard InChI is InChI=1S/C12H11N3O3/c1-8-4-2-3-5-10(8)18-12-9(15(16)17)6-7-11(13)14-12/h2-7H,1H3,(H2,13,14). The number of nitro groups is 1. The lowest BCUT2D eigenvalue weighted by molar-refractivity contribution is -0.386. The molecule has 0 spiro atoms. The fourth-order valence-corrected chi connectivity index (χ4v) is 1.44. The van der Waals surface area contributed by atoms with Gasteiger partial charge in [-0.1, -0.05) is 18.2 Å². The van der Waals surface area contributed by atoms with Crippen LogP contribution in [0.3, 0.4) is 0 Å². The first-order valence-corrected chi connectivity index (χ1v) is 5.22.